The van der Waals surface area contributed by atoms with Crippen LogP contribution in [0, 0.1) is 11.8 Å². The quantitative estimate of drug-likeness (QED) is 0.840. The Bertz CT molecular complexity index is 821. The zero-order valence-electron chi connectivity index (χ0n) is 14.5. The smallest absolute Gasteiger partial charge is 0.243 e. The number of hydrogen-bond donors (Lipinski definition) is 0. The Labute approximate surface area is 142 Å². The normalized spacial score (nSPS) is 23.0. The molecule has 3 rings (SSSR count). The van der Waals surface area contributed by atoms with Crippen LogP contribution in [0.5, 0.6) is 0 Å². The van der Waals surface area contributed by atoms with Gasteiger partial charge in [-0.15, -0.1) is 5.10 Å². The molecule has 2 atom stereocenters. The zero-order chi connectivity index (χ0) is 17.5. The van der Waals surface area contributed by atoms with E-state index in [1.54, 1.807) is 22.5 Å². The molecule has 0 bridgehead atoms. The van der Waals surface area contributed by atoms with Crippen molar-refractivity contribution in [1.29, 1.82) is 0 Å². The summed E-state index contributed by atoms with van der Waals surface area (Å²) in [6.45, 7) is 9.07. The lowest BCUT2D eigenvalue weighted by Crippen LogP contribution is -2.42. The molecule has 0 N–H and O–H groups in total. The third-order valence-corrected chi connectivity index (χ3v) is 6.00. The highest BCUT2D eigenvalue weighted by molar-refractivity contribution is 7.89. The fourth-order valence-electron chi connectivity index (χ4n) is 3.27. The van der Waals surface area contributed by atoms with E-state index in [2.05, 4.69) is 24.2 Å². The van der Waals surface area contributed by atoms with E-state index in [0.29, 0.717) is 36.0 Å². The van der Waals surface area contributed by atoms with Gasteiger partial charge in [-0.2, -0.15) is 4.31 Å². The van der Waals surface area contributed by atoms with Crippen LogP contribution in [0.25, 0.3) is 11.0 Å². The van der Waals surface area contributed by atoms with Crippen LogP contribution in [0.4, 0.5) is 0 Å². The van der Waals surface area contributed by atoms with Crippen LogP contribution in [-0.2, 0) is 10.0 Å². The summed E-state index contributed by atoms with van der Waals surface area (Å²) in [6.07, 6.45) is 0.975. The molecule has 1 fully saturated rings. The molecule has 1 aliphatic rings. The van der Waals surface area contributed by atoms with Crippen LogP contribution >= 0.6 is 0 Å². The topological polar surface area (TPSA) is 77.3 Å². The maximum Gasteiger partial charge on any atom is 0.243 e. The number of benzene rings is 1. The minimum Gasteiger partial charge on any atom is -0.392 e. The molecule has 7 nitrogen and oxygen atoms in total. The largest absolute Gasteiger partial charge is 0.392 e. The van der Waals surface area contributed by atoms with E-state index in [-0.39, 0.29) is 11.0 Å². The molecule has 0 amide bonds. The second-order valence-corrected chi connectivity index (χ2v) is 8.97. The summed E-state index contributed by atoms with van der Waals surface area (Å²) in [4.78, 5) is 7.10. The highest BCUT2D eigenvalue weighted by atomic mass is 32.2. The lowest BCUT2D eigenvalue weighted by molar-refractivity contribution is 0.0407. The highest BCUT2D eigenvalue weighted by Gasteiger charge is 2.32. The van der Waals surface area contributed by atoms with Crippen LogP contribution in [0.1, 0.15) is 34.1 Å². The summed E-state index contributed by atoms with van der Waals surface area (Å²) in [5, 5.41) is 7.94. The molecule has 1 aromatic carbocycles. The average molecular weight is 352 g/mol. The second-order valence-electron chi connectivity index (χ2n) is 7.04. The number of aromatic nitrogens is 3. The standard InChI is InChI=1S/C16H24N4O3S/c1-11(2)23-20-16-8-14(5-6-15(16)17-18-20)24(21,22)19-9-12(3)7-13(4)10-19/h5-6,8,11-13H,7,9-10H2,1-4H3/t12-,13-/m0/s1. The van der Waals surface area contributed by atoms with Gasteiger partial charge in [0.2, 0.25) is 10.0 Å². The molecule has 8 heteroatoms. The van der Waals surface area contributed by atoms with Gasteiger partial charge in [-0.25, -0.2) is 8.42 Å². The van der Waals surface area contributed by atoms with E-state index in [0.717, 1.165) is 6.42 Å². The van der Waals surface area contributed by atoms with E-state index in [4.69, 9.17) is 4.84 Å². The van der Waals surface area contributed by atoms with Gasteiger partial charge >= 0.3 is 0 Å². The van der Waals surface area contributed by atoms with Crippen LogP contribution in [-0.4, -0.2) is 47.1 Å². The Balaban J connectivity index is 1.98. The lowest BCUT2D eigenvalue weighted by atomic mass is 9.94. The van der Waals surface area contributed by atoms with Gasteiger partial charge in [-0.3, -0.25) is 0 Å². The Kier molecular flexibility index (Phi) is 4.52. The molecule has 2 heterocycles. The molecule has 132 valence electrons. The number of piperidine rings is 1. The molecule has 0 unspecified atom stereocenters. The molecular formula is C16H24N4O3S. The predicted molar refractivity (Wildman–Crippen MR) is 90.9 cm³/mol. The van der Waals surface area contributed by atoms with E-state index >= 15 is 0 Å². The monoisotopic (exact) mass is 352 g/mol. The first-order valence-corrected chi connectivity index (χ1v) is 9.74. The van der Waals surface area contributed by atoms with Gasteiger partial charge in [0.05, 0.1) is 4.90 Å². The molecule has 0 saturated carbocycles. The van der Waals surface area contributed by atoms with Crippen LogP contribution in [0.2, 0.25) is 0 Å². The lowest BCUT2D eigenvalue weighted by Gasteiger charge is -2.34. The Morgan fingerprint density at radius 1 is 1.21 bits per heavy atom. The van der Waals surface area contributed by atoms with Gasteiger partial charge in [-0.05, 0) is 55.5 Å². The van der Waals surface area contributed by atoms with Crippen molar-refractivity contribution >= 4 is 21.1 Å². The van der Waals surface area contributed by atoms with Gasteiger partial charge < -0.3 is 4.84 Å². The van der Waals surface area contributed by atoms with Crippen molar-refractivity contribution in [3.63, 3.8) is 0 Å². The molecule has 1 aliphatic heterocycles. The third kappa shape index (κ3) is 3.25. The first kappa shape index (κ1) is 17.2. The Morgan fingerprint density at radius 3 is 2.50 bits per heavy atom. The third-order valence-electron chi connectivity index (χ3n) is 4.17. The van der Waals surface area contributed by atoms with Crippen molar-refractivity contribution in [3.8, 4) is 0 Å². The first-order chi connectivity index (χ1) is 11.3. The maximum atomic E-state index is 13.0. The van der Waals surface area contributed by atoms with Crippen molar-refractivity contribution in [1.82, 2.24) is 19.5 Å². The van der Waals surface area contributed by atoms with Gasteiger partial charge in [0.25, 0.3) is 0 Å². The first-order valence-electron chi connectivity index (χ1n) is 8.30. The summed E-state index contributed by atoms with van der Waals surface area (Å²) in [7, 11) is -3.53. The summed E-state index contributed by atoms with van der Waals surface area (Å²) in [5.41, 5.74) is 1.16. The van der Waals surface area contributed by atoms with Crippen LogP contribution in [0.15, 0.2) is 23.1 Å². The molecule has 0 spiro atoms. The minimum absolute atomic E-state index is 0.0843. The Morgan fingerprint density at radius 2 is 1.88 bits per heavy atom. The zero-order valence-corrected chi connectivity index (χ0v) is 15.3. The second kappa shape index (κ2) is 6.33. The van der Waals surface area contributed by atoms with Crippen LogP contribution < -0.4 is 4.84 Å². The molecular weight excluding hydrogens is 328 g/mol. The highest BCUT2D eigenvalue weighted by Crippen LogP contribution is 2.27. The average Bonchev–Trinajstić information content (AvgIpc) is 2.88. The predicted octanol–water partition coefficient (Wildman–Crippen LogP) is 1.93. The van der Waals surface area contributed by atoms with E-state index in [1.165, 1.54) is 4.85 Å². The molecule has 24 heavy (non-hydrogen) atoms. The van der Waals surface area contributed by atoms with E-state index < -0.39 is 10.0 Å². The number of rotatable bonds is 4. The van der Waals surface area contributed by atoms with Crippen molar-refractivity contribution < 1.29 is 13.3 Å². The summed E-state index contributed by atoms with van der Waals surface area (Å²) in [6, 6.07) is 4.86. The molecule has 1 aromatic heterocycles. The van der Waals surface area contributed by atoms with Crippen molar-refractivity contribution in [3.05, 3.63) is 18.2 Å². The van der Waals surface area contributed by atoms with E-state index in [9.17, 15) is 8.42 Å². The minimum atomic E-state index is -3.53. The summed E-state index contributed by atoms with van der Waals surface area (Å²) < 4.78 is 27.6. The molecule has 0 radical (unpaired) electrons. The fraction of sp³-hybridized carbons (Fsp3) is 0.625. The van der Waals surface area contributed by atoms with Gasteiger partial charge in [0.1, 0.15) is 17.1 Å². The summed E-state index contributed by atoms with van der Waals surface area (Å²) >= 11 is 0. The van der Waals surface area contributed by atoms with Crippen molar-refractivity contribution in [2.75, 3.05) is 13.1 Å². The molecule has 0 aliphatic carbocycles. The number of fused-ring (bicyclic) bond motifs is 1. The van der Waals surface area contributed by atoms with E-state index in [1.807, 2.05) is 13.8 Å². The van der Waals surface area contributed by atoms with Gasteiger partial charge in [0.15, 0.2) is 0 Å². The number of nitrogens with zero attached hydrogens (tertiary/aromatic N) is 4. The fourth-order valence-corrected chi connectivity index (χ4v) is 4.97. The van der Waals surface area contributed by atoms with Gasteiger partial charge in [-0.1, -0.05) is 18.7 Å². The maximum absolute atomic E-state index is 13.0. The number of hydrogen-bond acceptors (Lipinski definition) is 5. The Hall–Kier alpha value is -1.67. The van der Waals surface area contributed by atoms with Crippen LogP contribution in [0.3, 0.4) is 0 Å². The number of sulfonamides is 1. The molecule has 2 aromatic rings. The summed E-state index contributed by atoms with van der Waals surface area (Å²) in [5.74, 6) is 0.729. The SMILES string of the molecule is CC(C)On1nnc2ccc(S(=O)(=O)N3C[C@@H](C)C[C@H](C)C3)cc21. The van der Waals surface area contributed by atoms with Gasteiger partial charge in [0, 0.05) is 13.1 Å². The van der Waals surface area contributed by atoms with Crippen molar-refractivity contribution in [2.45, 2.75) is 45.1 Å². The van der Waals surface area contributed by atoms with Crippen molar-refractivity contribution in [2.24, 2.45) is 11.8 Å². The molecule has 1 saturated heterocycles.